The number of anilines is 2. The van der Waals surface area contributed by atoms with E-state index in [2.05, 4.69) is 20.6 Å². The number of carbonyl (C=O) groups is 3. The van der Waals surface area contributed by atoms with Crippen LogP contribution in [-0.4, -0.2) is 52.7 Å². The van der Waals surface area contributed by atoms with E-state index in [4.69, 9.17) is 9.47 Å². The van der Waals surface area contributed by atoms with Gasteiger partial charge in [-0.1, -0.05) is 6.07 Å². The molecule has 0 saturated heterocycles. The highest BCUT2D eigenvalue weighted by molar-refractivity contribution is 5.99. The smallest absolute Gasteiger partial charge is 0.410 e. The number of benzene rings is 1. The molecule has 2 heterocycles. The van der Waals surface area contributed by atoms with E-state index in [0.29, 0.717) is 43.4 Å². The quantitative estimate of drug-likeness (QED) is 0.642. The highest BCUT2D eigenvalue weighted by Gasteiger charge is 2.28. The van der Waals surface area contributed by atoms with E-state index in [9.17, 15) is 14.4 Å². The monoisotopic (exact) mass is 467 g/mol. The minimum atomic E-state index is -0.400. The number of hydrogen-bond acceptors (Lipinski definition) is 7. The Morgan fingerprint density at radius 1 is 1.09 bits per heavy atom. The molecule has 1 aromatic carbocycles. The van der Waals surface area contributed by atoms with E-state index < -0.39 is 6.03 Å². The minimum Gasteiger partial charge on any atom is -0.469 e. The van der Waals surface area contributed by atoms with E-state index >= 15 is 0 Å². The van der Waals surface area contributed by atoms with Crippen molar-refractivity contribution in [2.75, 3.05) is 24.3 Å². The van der Waals surface area contributed by atoms with Gasteiger partial charge in [0.1, 0.15) is 6.10 Å². The van der Waals surface area contributed by atoms with Crippen molar-refractivity contribution in [3.63, 3.8) is 0 Å². The Balaban J connectivity index is 1.25. The average molecular weight is 468 g/mol. The van der Waals surface area contributed by atoms with Gasteiger partial charge in [0, 0.05) is 37.6 Å². The summed E-state index contributed by atoms with van der Waals surface area (Å²) in [5.74, 6) is 0.482. The van der Waals surface area contributed by atoms with Crippen LogP contribution in [0.25, 0.3) is 0 Å². The normalized spacial score (nSPS) is 19.5. The third-order valence-electron chi connectivity index (χ3n) is 6.28. The molecule has 1 aromatic heterocycles. The highest BCUT2D eigenvalue weighted by atomic mass is 16.6. The van der Waals surface area contributed by atoms with Crippen molar-refractivity contribution in [1.82, 2.24) is 14.9 Å². The van der Waals surface area contributed by atoms with Gasteiger partial charge in [-0.05, 0) is 61.3 Å². The van der Waals surface area contributed by atoms with Crippen LogP contribution in [0.4, 0.5) is 21.1 Å². The predicted molar refractivity (Wildman–Crippen MR) is 124 cm³/mol. The number of nitrogens with zero attached hydrogens (tertiary/aromatic N) is 3. The molecule has 34 heavy (non-hydrogen) atoms. The molecule has 0 unspecified atom stereocenters. The van der Waals surface area contributed by atoms with Crippen LogP contribution in [0.15, 0.2) is 36.8 Å². The first-order chi connectivity index (χ1) is 16.5. The molecule has 10 nitrogen and oxygen atoms in total. The lowest BCUT2D eigenvalue weighted by Gasteiger charge is -2.32. The van der Waals surface area contributed by atoms with Crippen molar-refractivity contribution >= 4 is 29.6 Å². The maximum atomic E-state index is 12.7. The van der Waals surface area contributed by atoms with Gasteiger partial charge >= 0.3 is 18.1 Å². The SMILES string of the molecule is COC(=O)C[C@H]1CC[C@H](OC(=O)N2CCc3cc(NC(=O)Nc4cnccn4)ccc3C2)CC1. The molecule has 10 heteroatoms. The van der Waals surface area contributed by atoms with Crippen LogP contribution in [-0.2, 0) is 27.2 Å². The molecule has 1 aliphatic carbocycles. The predicted octanol–water partition coefficient (Wildman–Crippen LogP) is 3.74. The molecule has 1 saturated carbocycles. The van der Waals surface area contributed by atoms with Gasteiger partial charge in [-0.3, -0.25) is 15.1 Å². The lowest BCUT2D eigenvalue weighted by atomic mass is 9.85. The topological polar surface area (TPSA) is 123 Å². The number of fused-ring (bicyclic) bond motifs is 1. The van der Waals surface area contributed by atoms with Crippen molar-refractivity contribution in [3.8, 4) is 0 Å². The number of hydrogen-bond donors (Lipinski definition) is 2. The zero-order chi connectivity index (χ0) is 23.9. The summed E-state index contributed by atoms with van der Waals surface area (Å²) >= 11 is 0. The van der Waals surface area contributed by atoms with Gasteiger partial charge in [0.2, 0.25) is 0 Å². The van der Waals surface area contributed by atoms with Gasteiger partial charge in [0.15, 0.2) is 5.82 Å². The van der Waals surface area contributed by atoms with Crippen molar-refractivity contribution in [2.45, 2.75) is 51.2 Å². The number of methoxy groups -OCH3 is 1. The van der Waals surface area contributed by atoms with Gasteiger partial charge in [-0.25, -0.2) is 14.6 Å². The Labute approximate surface area is 198 Å². The molecule has 4 rings (SSSR count). The number of carbonyl (C=O) groups excluding carboxylic acids is 3. The van der Waals surface area contributed by atoms with Crippen molar-refractivity contribution in [3.05, 3.63) is 47.9 Å². The summed E-state index contributed by atoms with van der Waals surface area (Å²) in [5.41, 5.74) is 2.79. The van der Waals surface area contributed by atoms with Crippen molar-refractivity contribution < 1.29 is 23.9 Å². The van der Waals surface area contributed by atoms with Gasteiger partial charge in [0.05, 0.1) is 13.3 Å². The van der Waals surface area contributed by atoms with Crippen molar-refractivity contribution in [2.24, 2.45) is 5.92 Å². The maximum absolute atomic E-state index is 12.7. The Morgan fingerprint density at radius 3 is 2.65 bits per heavy atom. The lowest BCUT2D eigenvalue weighted by molar-refractivity contribution is -0.142. The van der Waals surface area contributed by atoms with E-state index in [0.717, 1.165) is 36.8 Å². The summed E-state index contributed by atoms with van der Waals surface area (Å²) in [6, 6.07) is 5.26. The zero-order valence-corrected chi connectivity index (χ0v) is 19.2. The number of esters is 1. The van der Waals surface area contributed by atoms with Crippen LogP contribution in [0, 0.1) is 5.92 Å². The second kappa shape index (κ2) is 11.0. The van der Waals surface area contributed by atoms with Crippen LogP contribution in [0.2, 0.25) is 0 Å². The molecule has 0 radical (unpaired) electrons. The molecule has 0 spiro atoms. The lowest BCUT2D eigenvalue weighted by Crippen LogP contribution is -2.39. The molecule has 0 bridgehead atoms. The first-order valence-corrected chi connectivity index (χ1v) is 11.5. The number of nitrogens with one attached hydrogen (secondary N) is 2. The van der Waals surface area contributed by atoms with Crippen LogP contribution >= 0.6 is 0 Å². The largest absolute Gasteiger partial charge is 0.469 e. The summed E-state index contributed by atoms with van der Waals surface area (Å²) in [5, 5.41) is 5.43. The molecule has 3 amide bonds. The second-order valence-electron chi connectivity index (χ2n) is 8.63. The number of ether oxygens (including phenoxy) is 2. The second-order valence-corrected chi connectivity index (χ2v) is 8.63. The third kappa shape index (κ3) is 6.21. The molecule has 1 fully saturated rings. The first-order valence-electron chi connectivity index (χ1n) is 11.5. The minimum absolute atomic E-state index is 0.109. The number of aromatic nitrogens is 2. The summed E-state index contributed by atoms with van der Waals surface area (Å²) in [6.07, 6.45) is 8.45. The summed E-state index contributed by atoms with van der Waals surface area (Å²) in [4.78, 5) is 46.0. The van der Waals surface area contributed by atoms with E-state index in [-0.39, 0.29) is 18.2 Å². The van der Waals surface area contributed by atoms with E-state index in [1.807, 2.05) is 18.2 Å². The zero-order valence-electron chi connectivity index (χ0n) is 19.2. The summed E-state index contributed by atoms with van der Waals surface area (Å²) < 4.78 is 10.5. The van der Waals surface area contributed by atoms with Gasteiger partial charge in [-0.2, -0.15) is 0 Å². The van der Waals surface area contributed by atoms with E-state index in [1.54, 1.807) is 4.90 Å². The highest BCUT2D eigenvalue weighted by Crippen LogP contribution is 2.30. The molecule has 1 aliphatic heterocycles. The summed E-state index contributed by atoms with van der Waals surface area (Å²) in [6.45, 7) is 1.02. The van der Waals surface area contributed by atoms with Crippen LogP contribution < -0.4 is 10.6 Å². The molecular formula is C24H29N5O5. The Morgan fingerprint density at radius 2 is 1.91 bits per heavy atom. The van der Waals surface area contributed by atoms with Crippen LogP contribution in [0.1, 0.15) is 43.2 Å². The molecular weight excluding hydrogens is 438 g/mol. The molecule has 0 atom stereocenters. The number of amides is 3. The Hall–Kier alpha value is -3.69. The first kappa shape index (κ1) is 23.5. The van der Waals surface area contributed by atoms with Gasteiger partial charge in [-0.15, -0.1) is 0 Å². The van der Waals surface area contributed by atoms with Crippen LogP contribution in [0.3, 0.4) is 0 Å². The fourth-order valence-corrected chi connectivity index (χ4v) is 4.42. The summed E-state index contributed by atoms with van der Waals surface area (Å²) in [7, 11) is 1.40. The standard InChI is InChI=1S/C24H29N5O5/c1-33-22(30)12-16-2-6-20(7-3-16)34-24(32)29-11-8-17-13-19(5-4-18(17)15-29)27-23(31)28-21-14-25-9-10-26-21/h4-5,9-10,13-14,16,20H,2-3,6-8,11-12,15H2,1H3,(H2,26,27,28,31)/t16-,20-. The third-order valence-corrected chi connectivity index (χ3v) is 6.28. The Kier molecular flexibility index (Phi) is 7.56. The molecule has 180 valence electrons. The Bertz CT molecular complexity index is 1020. The van der Waals surface area contributed by atoms with Gasteiger partial charge < -0.3 is 19.7 Å². The average Bonchev–Trinajstić information content (AvgIpc) is 2.85. The maximum Gasteiger partial charge on any atom is 0.410 e. The fraction of sp³-hybridized carbons (Fsp3) is 0.458. The fourth-order valence-electron chi connectivity index (χ4n) is 4.42. The van der Waals surface area contributed by atoms with Crippen LogP contribution in [0.5, 0.6) is 0 Å². The molecule has 2 N–H and O–H groups in total. The number of rotatable bonds is 5. The number of urea groups is 1. The molecule has 2 aromatic rings. The van der Waals surface area contributed by atoms with Crippen molar-refractivity contribution in [1.29, 1.82) is 0 Å². The van der Waals surface area contributed by atoms with Gasteiger partial charge in [0.25, 0.3) is 0 Å². The molecule has 2 aliphatic rings. The van der Waals surface area contributed by atoms with E-state index in [1.165, 1.54) is 25.7 Å².